The number of carbonyl (C=O) groups is 2. The van der Waals surface area contributed by atoms with Crippen LogP contribution in [-0.4, -0.2) is 55.1 Å². The Balaban J connectivity index is 1.62. The third-order valence-corrected chi connectivity index (χ3v) is 5.63. The van der Waals surface area contributed by atoms with Crippen molar-refractivity contribution in [3.05, 3.63) is 71.0 Å². The fourth-order valence-corrected chi connectivity index (χ4v) is 3.80. The smallest absolute Gasteiger partial charge is 0.340 e. The van der Waals surface area contributed by atoms with Gasteiger partial charge in [-0.25, -0.2) is 9.48 Å². The van der Waals surface area contributed by atoms with Gasteiger partial charge in [0.1, 0.15) is 0 Å². The van der Waals surface area contributed by atoms with E-state index in [4.69, 9.17) is 9.47 Å². The van der Waals surface area contributed by atoms with Gasteiger partial charge in [-0.05, 0) is 43.7 Å². The van der Waals surface area contributed by atoms with E-state index in [0.29, 0.717) is 35.7 Å². The van der Waals surface area contributed by atoms with E-state index in [-0.39, 0.29) is 5.91 Å². The summed E-state index contributed by atoms with van der Waals surface area (Å²) in [7, 11) is 1.33. The number of morpholine rings is 1. The minimum absolute atomic E-state index is 0.300. The third-order valence-electron chi connectivity index (χ3n) is 5.63. The molecule has 8 nitrogen and oxygen atoms in total. The summed E-state index contributed by atoms with van der Waals surface area (Å²) in [6, 6.07) is 13.2. The molecule has 1 fully saturated rings. The summed E-state index contributed by atoms with van der Waals surface area (Å²) in [6.07, 6.45) is 1.54. The van der Waals surface area contributed by atoms with E-state index < -0.39 is 5.97 Å². The number of nitrogens with zero attached hydrogens (tertiary/aromatic N) is 3. The molecule has 0 unspecified atom stereocenters. The molecule has 1 amide bonds. The number of benzene rings is 2. The first-order chi connectivity index (χ1) is 15.5. The van der Waals surface area contributed by atoms with Crippen LogP contribution in [0.1, 0.15) is 32.0 Å². The van der Waals surface area contributed by atoms with Crippen molar-refractivity contribution < 1.29 is 19.1 Å². The summed E-state index contributed by atoms with van der Waals surface area (Å²) in [5, 5.41) is 7.26. The zero-order valence-corrected chi connectivity index (χ0v) is 18.4. The van der Waals surface area contributed by atoms with Gasteiger partial charge >= 0.3 is 5.97 Å². The van der Waals surface area contributed by atoms with Crippen molar-refractivity contribution in [2.24, 2.45) is 0 Å². The second kappa shape index (κ2) is 9.23. The molecule has 1 aliphatic rings. The Morgan fingerprint density at radius 3 is 2.53 bits per heavy atom. The van der Waals surface area contributed by atoms with Crippen molar-refractivity contribution in [3.63, 3.8) is 0 Å². The van der Waals surface area contributed by atoms with Crippen LogP contribution < -0.4 is 10.2 Å². The minimum Gasteiger partial charge on any atom is -0.465 e. The molecule has 32 heavy (non-hydrogen) atoms. The maximum Gasteiger partial charge on any atom is 0.340 e. The van der Waals surface area contributed by atoms with Gasteiger partial charge in [0.05, 0.1) is 54.7 Å². The first-order valence-electron chi connectivity index (χ1n) is 10.5. The van der Waals surface area contributed by atoms with Crippen LogP contribution in [0.25, 0.3) is 5.69 Å². The molecule has 3 aromatic rings. The number of rotatable bonds is 5. The van der Waals surface area contributed by atoms with E-state index in [1.54, 1.807) is 16.8 Å². The lowest BCUT2D eigenvalue weighted by molar-refractivity contribution is 0.0602. The van der Waals surface area contributed by atoms with E-state index in [2.05, 4.69) is 15.3 Å². The molecular weight excluding hydrogens is 408 g/mol. The number of ether oxygens (including phenoxy) is 2. The minimum atomic E-state index is -0.511. The normalized spacial score (nSPS) is 13.7. The summed E-state index contributed by atoms with van der Waals surface area (Å²) in [6.45, 7) is 6.59. The van der Waals surface area contributed by atoms with Gasteiger partial charge in [0, 0.05) is 18.8 Å². The molecule has 0 atom stereocenters. The van der Waals surface area contributed by atoms with Gasteiger partial charge in [-0.15, -0.1) is 0 Å². The van der Waals surface area contributed by atoms with Crippen LogP contribution in [0.5, 0.6) is 0 Å². The Bertz CT molecular complexity index is 1150. The Hall–Kier alpha value is -3.65. The van der Waals surface area contributed by atoms with E-state index >= 15 is 0 Å². The first kappa shape index (κ1) is 21.6. The zero-order valence-electron chi connectivity index (χ0n) is 18.4. The molecule has 0 saturated carbocycles. The highest BCUT2D eigenvalue weighted by Gasteiger charge is 2.21. The second-order valence-electron chi connectivity index (χ2n) is 7.62. The number of aromatic nitrogens is 2. The molecule has 0 radical (unpaired) electrons. The fourth-order valence-electron chi connectivity index (χ4n) is 3.80. The summed E-state index contributed by atoms with van der Waals surface area (Å²) in [5.41, 5.74) is 4.68. The molecule has 0 aliphatic carbocycles. The molecule has 8 heteroatoms. The number of hydrogen-bond donors (Lipinski definition) is 1. The molecule has 0 spiro atoms. The summed E-state index contributed by atoms with van der Waals surface area (Å²) >= 11 is 0. The number of esters is 1. The Morgan fingerprint density at radius 2 is 1.81 bits per heavy atom. The van der Waals surface area contributed by atoms with Gasteiger partial charge in [-0.2, -0.15) is 5.10 Å². The molecule has 2 aromatic carbocycles. The maximum atomic E-state index is 13.1. The number of hydrogen-bond acceptors (Lipinski definition) is 6. The van der Waals surface area contributed by atoms with Gasteiger partial charge < -0.3 is 19.7 Å². The predicted molar refractivity (Wildman–Crippen MR) is 122 cm³/mol. The highest BCUT2D eigenvalue weighted by atomic mass is 16.5. The predicted octanol–water partition coefficient (Wildman–Crippen LogP) is 3.36. The average Bonchev–Trinajstić information content (AvgIpc) is 3.20. The van der Waals surface area contributed by atoms with E-state index in [1.807, 2.05) is 44.2 Å². The van der Waals surface area contributed by atoms with Gasteiger partial charge in [0.25, 0.3) is 5.91 Å². The van der Waals surface area contributed by atoms with Crippen molar-refractivity contribution in [2.45, 2.75) is 13.8 Å². The topological polar surface area (TPSA) is 85.7 Å². The van der Waals surface area contributed by atoms with E-state index in [1.165, 1.54) is 13.3 Å². The number of carbonyl (C=O) groups excluding carboxylic acids is 2. The highest BCUT2D eigenvalue weighted by Crippen LogP contribution is 2.26. The molecule has 0 bridgehead atoms. The monoisotopic (exact) mass is 434 g/mol. The number of anilines is 2. The van der Waals surface area contributed by atoms with Crippen LogP contribution in [0.15, 0.2) is 48.7 Å². The van der Waals surface area contributed by atoms with Crippen molar-refractivity contribution in [1.82, 2.24) is 9.78 Å². The number of methoxy groups -OCH3 is 1. The van der Waals surface area contributed by atoms with Gasteiger partial charge in [0.15, 0.2) is 0 Å². The van der Waals surface area contributed by atoms with Crippen LogP contribution in [0.4, 0.5) is 11.4 Å². The maximum absolute atomic E-state index is 13.1. The third kappa shape index (κ3) is 4.22. The number of nitrogens with one attached hydrogen (secondary N) is 1. The van der Waals surface area contributed by atoms with Crippen molar-refractivity contribution in [1.29, 1.82) is 0 Å². The number of para-hydroxylation sites is 1. The average molecular weight is 434 g/mol. The van der Waals surface area contributed by atoms with Gasteiger partial charge in [-0.1, -0.05) is 18.2 Å². The van der Waals surface area contributed by atoms with Crippen molar-refractivity contribution >= 4 is 23.3 Å². The SMILES string of the molecule is COC(=O)c1cc(N2CCOCC2)ccc1NC(=O)c1cnn(-c2ccccc2C)c1C. The molecule has 4 rings (SSSR count). The quantitative estimate of drug-likeness (QED) is 0.620. The van der Waals surface area contributed by atoms with Crippen LogP contribution in [0.2, 0.25) is 0 Å². The molecule has 166 valence electrons. The standard InChI is InChI=1S/C24H26N4O4/c1-16-6-4-5-7-22(16)28-17(2)20(15-25-28)23(29)26-21-9-8-18(14-19(21)24(30)31-3)27-10-12-32-13-11-27/h4-9,14-15H,10-13H2,1-3H3,(H,26,29). The molecule has 1 aromatic heterocycles. The van der Waals surface area contributed by atoms with Crippen molar-refractivity contribution in [2.75, 3.05) is 43.6 Å². The van der Waals surface area contributed by atoms with Crippen LogP contribution in [0, 0.1) is 13.8 Å². The Kier molecular flexibility index (Phi) is 6.23. The van der Waals surface area contributed by atoms with Crippen molar-refractivity contribution in [3.8, 4) is 5.69 Å². The van der Waals surface area contributed by atoms with E-state index in [9.17, 15) is 9.59 Å². The zero-order chi connectivity index (χ0) is 22.7. The summed E-state index contributed by atoms with van der Waals surface area (Å²) in [5.74, 6) is -0.852. The Morgan fingerprint density at radius 1 is 1.06 bits per heavy atom. The molecule has 2 heterocycles. The van der Waals surface area contributed by atoms with Crippen LogP contribution >= 0.6 is 0 Å². The number of aryl methyl sites for hydroxylation is 1. The Labute approximate surface area is 186 Å². The molecular formula is C24H26N4O4. The molecule has 1 saturated heterocycles. The summed E-state index contributed by atoms with van der Waals surface area (Å²) < 4.78 is 12.1. The lowest BCUT2D eigenvalue weighted by Crippen LogP contribution is -2.36. The second-order valence-corrected chi connectivity index (χ2v) is 7.62. The van der Waals surface area contributed by atoms with Gasteiger partial charge in [-0.3, -0.25) is 4.79 Å². The number of amides is 1. The van der Waals surface area contributed by atoms with Crippen LogP contribution in [-0.2, 0) is 9.47 Å². The lowest BCUT2D eigenvalue weighted by Gasteiger charge is -2.29. The van der Waals surface area contributed by atoms with E-state index in [0.717, 1.165) is 30.0 Å². The highest BCUT2D eigenvalue weighted by molar-refractivity contribution is 6.08. The fraction of sp³-hybridized carbons (Fsp3) is 0.292. The van der Waals surface area contributed by atoms with Crippen LogP contribution in [0.3, 0.4) is 0 Å². The summed E-state index contributed by atoms with van der Waals surface area (Å²) in [4.78, 5) is 27.7. The first-order valence-corrected chi connectivity index (χ1v) is 10.5. The molecule has 1 aliphatic heterocycles. The largest absolute Gasteiger partial charge is 0.465 e. The van der Waals surface area contributed by atoms with Gasteiger partial charge in [0.2, 0.25) is 0 Å². The molecule has 1 N–H and O–H groups in total. The lowest BCUT2D eigenvalue weighted by atomic mass is 10.1.